The van der Waals surface area contributed by atoms with E-state index in [0.29, 0.717) is 5.56 Å². The van der Waals surface area contributed by atoms with Crippen molar-refractivity contribution < 1.29 is 19.0 Å². The minimum Gasteiger partial charge on any atom is -0.493 e. The zero-order valence-electron chi connectivity index (χ0n) is 18.5. The Morgan fingerprint density at radius 3 is 2.55 bits per heavy atom. The van der Waals surface area contributed by atoms with Crippen molar-refractivity contribution in [3.63, 3.8) is 0 Å². The van der Waals surface area contributed by atoms with Crippen LogP contribution in [0.25, 0.3) is 0 Å². The minimum atomic E-state index is -0.00823. The number of likely N-dealkylation sites (tertiary alicyclic amines) is 2. The number of ether oxygens (including phenoxy) is 3. The van der Waals surface area contributed by atoms with Crippen LogP contribution in [-0.2, 0) is 6.54 Å². The van der Waals surface area contributed by atoms with Crippen molar-refractivity contribution in [2.45, 2.75) is 25.8 Å². The number of carbonyl (C=O) groups excluding carboxylic acids is 1. The number of para-hydroxylation sites is 1. The Kier molecular flexibility index (Phi) is 6.27. The van der Waals surface area contributed by atoms with Gasteiger partial charge in [0.1, 0.15) is 0 Å². The molecule has 2 aliphatic rings. The lowest BCUT2D eigenvalue weighted by molar-refractivity contribution is 0.0673. The predicted molar refractivity (Wildman–Crippen MR) is 116 cm³/mol. The lowest BCUT2D eigenvalue weighted by Crippen LogP contribution is -2.45. The zero-order valence-corrected chi connectivity index (χ0v) is 18.5. The first-order valence-electron chi connectivity index (χ1n) is 10.6. The second-order valence-electron chi connectivity index (χ2n) is 8.40. The Bertz CT molecular complexity index is 920. The van der Waals surface area contributed by atoms with Gasteiger partial charge in [0, 0.05) is 49.6 Å². The predicted octanol–water partition coefficient (Wildman–Crippen LogP) is 2.63. The van der Waals surface area contributed by atoms with Crippen LogP contribution in [0.3, 0.4) is 0 Å². The van der Waals surface area contributed by atoms with Crippen molar-refractivity contribution in [1.82, 2.24) is 19.8 Å². The molecular formula is C23H30N4O4. The normalized spacial score (nSPS) is 21.3. The van der Waals surface area contributed by atoms with Gasteiger partial charge in [-0.1, -0.05) is 12.1 Å². The summed E-state index contributed by atoms with van der Waals surface area (Å²) in [6, 6.07) is 6.29. The monoisotopic (exact) mass is 426 g/mol. The van der Waals surface area contributed by atoms with Crippen molar-refractivity contribution in [3.05, 3.63) is 41.7 Å². The summed E-state index contributed by atoms with van der Waals surface area (Å²) in [5, 5.41) is 0. The van der Waals surface area contributed by atoms with Crippen molar-refractivity contribution in [2.24, 2.45) is 5.41 Å². The molecule has 0 unspecified atom stereocenters. The number of piperidine rings is 1. The molecular weight excluding hydrogens is 396 g/mol. The Balaban J connectivity index is 1.43. The molecule has 8 heteroatoms. The molecule has 166 valence electrons. The molecule has 1 aromatic carbocycles. The molecule has 31 heavy (non-hydrogen) atoms. The average molecular weight is 427 g/mol. The Morgan fingerprint density at radius 2 is 1.84 bits per heavy atom. The highest BCUT2D eigenvalue weighted by atomic mass is 16.5. The van der Waals surface area contributed by atoms with Crippen molar-refractivity contribution in [2.75, 3.05) is 47.5 Å². The number of benzene rings is 1. The van der Waals surface area contributed by atoms with Gasteiger partial charge in [-0.25, -0.2) is 9.97 Å². The number of nitrogens with zero attached hydrogens (tertiary/aromatic N) is 4. The number of hydrogen-bond acceptors (Lipinski definition) is 7. The molecule has 2 aromatic rings. The fraction of sp³-hybridized carbons (Fsp3) is 0.522. The number of methoxy groups -OCH3 is 3. The smallest absolute Gasteiger partial charge is 0.316 e. The van der Waals surface area contributed by atoms with Gasteiger partial charge in [0.2, 0.25) is 0 Å². The first-order chi connectivity index (χ1) is 15.1. The van der Waals surface area contributed by atoms with Crippen LogP contribution in [0.2, 0.25) is 0 Å². The lowest BCUT2D eigenvalue weighted by atomic mass is 9.79. The van der Waals surface area contributed by atoms with Gasteiger partial charge in [-0.3, -0.25) is 9.69 Å². The third-order valence-corrected chi connectivity index (χ3v) is 6.40. The molecule has 4 rings (SSSR count). The molecule has 8 nitrogen and oxygen atoms in total. The maximum Gasteiger partial charge on any atom is 0.316 e. The van der Waals surface area contributed by atoms with Gasteiger partial charge in [0.15, 0.2) is 11.5 Å². The highest BCUT2D eigenvalue weighted by Crippen LogP contribution is 2.40. The van der Waals surface area contributed by atoms with Crippen molar-refractivity contribution in [1.29, 1.82) is 0 Å². The van der Waals surface area contributed by atoms with Gasteiger partial charge in [-0.05, 0) is 31.9 Å². The van der Waals surface area contributed by atoms with E-state index >= 15 is 0 Å². The summed E-state index contributed by atoms with van der Waals surface area (Å²) in [5.74, 6) is 1.55. The average Bonchev–Trinajstić information content (AvgIpc) is 3.21. The molecule has 0 radical (unpaired) electrons. The minimum absolute atomic E-state index is 0.00823. The number of rotatable bonds is 6. The number of hydrogen-bond donors (Lipinski definition) is 0. The van der Waals surface area contributed by atoms with Crippen LogP contribution in [0.4, 0.5) is 0 Å². The van der Waals surface area contributed by atoms with Gasteiger partial charge >= 0.3 is 6.01 Å². The highest BCUT2D eigenvalue weighted by molar-refractivity contribution is 5.93. The second kappa shape index (κ2) is 9.09. The number of carbonyl (C=O) groups is 1. The van der Waals surface area contributed by atoms with Gasteiger partial charge in [0.25, 0.3) is 5.91 Å². The molecule has 1 aromatic heterocycles. The van der Waals surface area contributed by atoms with E-state index < -0.39 is 0 Å². The van der Waals surface area contributed by atoms with E-state index in [1.165, 1.54) is 7.11 Å². The summed E-state index contributed by atoms with van der Waals surface area (Å²) < 4.78 is 16.1. The lowest BCUT2D eigenvalue weighted by Gasteiger charge is -2.40. The van der Waals surface area contributed by atoms with Crippen molar-refractivity contribution >= 4 is 5.91 Å². The van der Waals surface area contributed by atoms with Crippen LogP contribution in [0.1, 0.15) is 35.2 Å². The topological polar surface area (TPSA) is 77.0 Å². The molecule has 0 aliphatic carbocycles. The summed E-state index contributed by atoms with van der Waals surface area (Å²) in [4.78, 5) is 25.5. The summed E-state index contributed by atoms with van der Waals surface area (Å²) in [6.45, 7) is 4.35. The van der Waals surface area contributed by atoms with Crippen LogP contribution in [0, 0.1) is 5.41 Å². The van der Waals surface area contributed by atoms with E-state index in [-0.39, 0.29) is 17.3 Å². The number of amides is 1. The maximum absolute atomic E-state index is 13.0. The number of aromatic nitrogens is 2. The maximum atomic E-state index is 13.0. The molecule has 2 saturated heterocycles. The standard InChI is InChI=1S/C23H30N4O4/c1-29-19-7-4-6-17(20(19)30-2)14-26-10-5-8-23(15-26)9-11-27(16-23)21(28)18-12-24-22(31-3)25-13-18/h4,6-7,12-13H,5,8-11,14-16H2,1-3H3/t23-/m1/s1. The Labute approximate surface area is 183 Å². The fourth-order valence-electron chi connectivity index (χ4n) is 4.92. The molecule has 2 fully saturated rings. The molecule has 0 bridgehead atoms. The molecule has 1 amide bonds. The van der Waals surface area contributed by atoms with E-state index in [9.17, 15) is 4.79 Å². The fourth-order valence-corrected chi connectivity index (χ4v) is 4.92. The van der Waals surface area contributed by atoms with E-state index in [0.717, 1.165) is 69.0 Å². The highest BCUT2D eigenvalue weighted by Gasteiger charge is 2.43. The third-order valence-electron chi connectivity index (χ3n) is 6.40. The third kappa shape index (κ3) is 4.44. The molecule has 1 spiro atoms. The summed E-state index contributed by atoms with van der Waals surface area (Å²) in [5.41, 5.74) is 1.76. The van der Waals surface area contributed by atoms with Crippen LogP contribution in [0.5, 0.6) is 17.5 Å². The first-order valence-corrected chi connectivity index (χ1v) is 10.6. The van der Waals surface area contributed by atoms with E-state index in [1.807, 2.05) is 17.0 Å². The van der Waals surface area contributed by atoms with E-state index in [2.05, 4.69) is 20.9 Å². The molecule has 3 heterocycles. The first kappa shape index (κ1) is 21.4. The van der Waals surface area contributed by atoms with Gasteiger partial charge in [-0.15, -0.1) is 0 Å². The van der Waals surface area contributed by atoms with Crippen LogP contribution in [-0.4, -0.2) is 73.2 Å². The van der Waals surface area contributed by atoms with Gasteiger partial charge in [0.05, 0.1) is 26.9 Å². The summed E-state index contributed by atoms with van der Waals surface area (Å²) in [6.07, 6.45) is 6.37. The van der Waals surface area contributed by atoms with E-state index in [1.54, 1.807) is 26.6 Å². The molecule has 0 saturated carbocycles. The zero-order chi connectivity index (χ0) is 21.8. The Morgan fingerprint density at radius 1 is 1.03 bits per heavy atom. The SMILES string of the molecule is COc1ncc(C(=O)N2CC[C@@]3(CCCN(Cc4cccc(OC)c4OC)C3)C2)cn1. The summed E-state index contributed by atoms with van der Waals surface area (Å²) in [7, 11) is 4.86. The van der Waals surface area contributed by atoms with Crippen LogP contribution in [0.15, 0.2) is 30.6 Å². The largest absolute Gasteiger partial charge is 0.493 e. The van der Waals surface area contributed by atoms with E-state index in [4.69, 9.17) is 14.2 Å². The van der Waals surface area contributed by atoms with Crippen molar-refractivity contribution in [3.8, 4) is 17.5 Å². The molecule has 1 atom stereocenters. The van der Waals surface area contributed by atoms with Crippen LogP contribution < -0.4 is 14.2 Å². The second-order valence-corrected chi connectivity index (χ2v) is 8.40. The summed E-state index contributed by atoms with van der Waals surface area (Å²) >= 11 is 0. The van der Waals surface area contributed by atoms with Crippen LogP contribution >= 0.6 is 0 Å². The Hall–Kier alpha value is -2.87. The molecule has 0 N–H and O–H groups in total. The van der Waals surface area contributed by atoms with Gasteiger partial charge < -0.3 is 19.1 Å². The molecule has 2 aliphatic heterocycles. The van der Waals surface area contributed by atoms with Gasteiger partial charge in [-0.2, -0.15) is 0 Å². The quantitative estimate of drug-likeness (QED) is 0.703.